The van der Waals surface area contributed by atoms with E-state index in [2.05, 4.69) is 96.1 Å². The van der Waals surface area contributed by atoms with Crippen LogP contribution in [0.1, 0.15) is 118 Å². The summed E-state index contributed by atoms with van der Waals surface area (Å²) >= 11 is 3.85. The second kappa shape index (κ2) is 16.9. The molecule has 6 heteroatoms. The largest absolute Gasteiger partial charge is 0.512 e. The second-order valence-corrected chi connectivity index (χ2v) is 18.8. The number of ketones is 1. The van der Waals surface area contributed by atoms with Crippen molar-refractivity contribution >= 4 is 69.5 Å². The van der Waals surface area contributed by atoms with Crippen LogP contribution < -0.4 is 0 Å². The molecule has 0 unspecified atom stereocenters. The van der Waals surface area contributed by atoms with E-state index >= 15 is 0 Å². The molecule has 3 nitrogen and oxygen atoms in total. The number of fused-ring (bicyclic) bond motifs is 5. The molecule has 0 atom stereocenters. The van der Waals surface area contributed by atoms with Crippen molar-refractivity contribution in [1.82, 2.24) is 4.98 Å². The molecule has 6 rings (SSSR count). The van der Waals surface area contributed by atoms with Gasteiger partial charge >= 0.3 is 0 Å². The summed E-state index contributed by atoms with van der Waals surface area (Å²) in [6.45, 7) is 25.9. The molecule has 0 amide bonds. The number of carbonyl (C=O) groups is 1. The van der Waals surface area contributed by atoms with Crippen molar-refractivity contribution in [2.45, 2.75) is 121 Å². The summed E-state index contributed by atoms with van der Waals surface area (Å²) in [6, 6.07) is 21.7. The van der Waals surface area contributed by atoms with E-state index in [4.69, 9.17) is 4.98 Å². The number of thiophene rings is 2. The van der Waals surface area contributed by atoms with Gasteiger partial charge in [-0.25, -0.2) is 0 Å². The molecule has 0 aliphatic carbocycles. The molecule has 1 N–H and O–H groups in total. The molecule has 0 saturated heterocycles. The Labute approximate surface area is 339 Å². The van der Waals surface area contributed by atoms with E-state index < -0.39 is 0 Å². The average Bonchev–Trinajstić information content (AvgIpc) is 3.64. The number of aryl methyl sites for hydroxylation is 1. The maximum atomic E-state index is 12.2. The fourth-order valence-corrected chi connectivity index (χ4v) is 9.48. The van der Waals surface area contributed by atoms with Crippen LogP contribution in [-0.4, -0.2) is 15.9 Å². The van der Waals surface area contributed by atoms with E-state index in [0.29, 0.717) is 5.92 Å². The normalized spacial score (nSPS) is 12.8. The third kappa shape index (κ3) is 8.67. The first-order valence-corrected chi connectivity index (χ1v) is 20.8. The number of hydrogen-bond donors (Lipinski definition) is 1. The van der Waals surface area contributed by atoms with Crippen molar-refractivity contribution < 1.29 is 30.0 Å². The average molecular weight is 925 g/mol. The van der Waals surface area contributed by atoms with E-state index in [0.717, 1.165) is 48.7 Å². The number of carbonyl (C=O) groups excluding carboxylic acids is 1. The number of benzene rings is 3. The summed E-state index contributed by atoms with van der Waals surface area (Å²) in [5, 5.41) is 16.6. The van der Waals surface area contributed by atoms with Gasteiger partial charge < -0.3 is 5.11 Å². The van der Waals surface area contributed by atoms with Gasteiger partial charge in [0.1, 0.15) is 5.76 Å². The molecule has 0 aliphatic rings. The van der Waals surface area contributed by atoms with E-state index in [1.807, 2.05) is 70.4 Å². The molecule has 3 aromatic heterocycles. The number of hydrogen-bond acceptors (Lipinski definition) is 5. The van der Waals surface area contributed by atoms with E-state index in [1.54, 1.807) is 0 Å². The smallest absolute Gasteiger partial charge is 0.164 e. The van der Waals surface area contributed by atoms with Crippen LogP contribution in [0.15, 0.2) is 66.6 Å². The van der Waals surface area contributed by atoms with Gasteiger partial charge in [-0.15, -0.1) is 51.8 Å². The molecule has 0 bridgehead atoms. The standard InChI is InChI=1S/C32H30NS2.C15H28O2.Ir/c1-18(2)13-27-19(3)23-16-29-24(17-28(23)35-27)30-26(34-29)11-12-33-31(30)21-14-20-9-7-8-10-22(20)25(15-21)32(4,5)6;1-7-14(5,8-2)12(16)11-13(17)15(6,9-3)10-4;/h7-12,15-18H,13H2,1-6H3;11,16H,7-10H2,1-6H3;/q-1;;/b;12-11-;. The molecule has 0 aliphatic heterocycles. The van der Waals surface area contributed by atoms with Crippen LogP contribution >= 0.6 is 22.7 Å². The van der Waals surface area contributed by atoms with Crippen molar-refractivity contribution in [3.05, 3.63) is 88.6 Å². The molecular formula is C47H58IrNO2S2-. The first kappa shape index (κ1) is 42.8. The Bertz CT molecular complexity index is 2260. The molecule has 1 radical (unpaired) electrons. The SMILES string of the molecule is CCC(C)(CC)C(=O)/C=C(\O)C(C)(CC)CC.Cc1c(CC(C)C)sc2cc3c(cc12)sc1ccnc(-c2[c-]c4ccccc4c(C(C)(C)C)c2)c13.[Ir]. The summed E-state index contributed by atoms with van der Waals surface area (Å²) in [5.41, 5.74) is 4.35. The second-order valence-electron chi connectivity index (χ2n) is 16.5. The van der Waals surface area contributed by atoms with Crippen LogP contribution in [0.4, 0.5) is 0 Å². The van der Waals surface area contributed by atoms with Gasteiger partial charge in [0.15, 0.2) is 5.78 Å². The van der Waals surface area contributed by atoms with Crippen LogP contribution in [0.25, 0.3) is 52.3 Å². The quantitative estimate of drug-likeness (QED) is 0.0846. The monoisotopic (exact) mass is 925 g/mol. The predicted molar refractivity (Wildman–Crippen MR) is 229 cm³/mol. The minimum Gasteiger partial charge on any atom is -0.512 e. The van der Waals surface area contributed by atoms with Gasteiger partial charge in [-0.05, 0) is 90.3 Å². The van der Waals surface area contributed by atoms with Gasteiger partial charge in [-0.2, -0.15) is 0 Å². The topological polar surface area (TPSA) is 50.2 Å². The number of allylic oxidation sites excluding steroid dienone is 2. The van der Waals surface area contributed by atoms with Gasteiger partial charge in [-0.3, -0.25) is 9.78 Å². The summed E-state index contributed by atoms with van der Waals surface area (Å²) in [4.78, 5) is 18.7. The summed E-state index contributed by atoms with van der Waals surface area (Å²) in [6.07, 6.45) is 7.86. The third-order valence-electron chi connectivity index (χ3n) is 11.6. The summed E-state index contributed by atoms with van der Waals surface area (Å²) in [7, 11) is 0. The first-order valence-electron chi connectivity index (χ1n) is 19.1. The van der Waals surface area contributed by atoms with E-state index in [9.17, 15) is 9.90 Å². The number of nitrogens with zero attached hydrogens (tertiary/aromatic N) is 1. The maximum Gasteiger partial charge on any atom is 0.164 e. The van der Waals surface area contributed by atoms with E-state index in [1.165, 1.54) is 57.7 Å². The van der Waals surface area contributed by atoms with Crippen molar-refractivity contribution in [3.8, 4) is 11.3 Å². The van der Waals surface area contributed by atoms with E-state index in [-0.39, 0.29) is 47.9 Å². The van der Waals surface area contributed by atoms with Crippen molar-refractivity contribution in [1.29, 1.82) is 0 Å². The Morgan fingerprint density at radius 3 is 2.04 bits per heavy atom. The predicted octanol–water partition coefficient (Wildman–Crippen LogP) is 14.7. The van der Waals surface area contributed by atoms with Gasteiger partial charge in [-0.1, -0.05) is 105 Å². The number of aliphatic hydroxyl groups excluding tert-OH is 1. The Morgan fingerprint density at radius 1 is 0.830 bits per heavy atom. The van der Waals surface area contributed by atoms with Gasteiger partial charge in [0.05, 0.1) is 0 Å². The first-order chi connectivity index (χ1) is 24.5. The van der Waals surface area contributed by atoms with Crippen LogP contribution in [-0.2, 0) is 36.7 Å². The minimum atomic E-state index is -0.337. The van der Waals surface area contributed by atoms with Crippen LogP contribution in [0.5, 0.6) is 0 Å². The van der Waals surface area contributed by atoms with Crippen molar-refractivity contribution in [2.75, 3.05) is 0 Å². The Morgan fingerprint density at radius 2 is 1.43 bits per heavy atom. The molecule has 3 heterocycles. The molecule has 0 fully saturated rings. The maximum absolute atomic E-state index is 12.2. The Balaban J connectivity index is 0.000000299. The fourth-order valence-electron chi connectivity index (χ4n) is 6.92. The van der Waals surface area contributed by atoms with Gasteiger partial charge in [0, 0.05) is 67.9 Å². The number of aromatic nitrogens is 1. The fraction of sp³-hybridized carbons (Fsp3) is 0.447. The summed E-state index contributed by atoms with van der Waals surface area (Å²) in [5.74, 6) is 0.953. The molecule has 53 heavy (non-hydrogen) atoms. The molecule has 285 valence electrons. The van der Waals surface area contributed by atoms with Crippen LogP contribution in [0, 0.1) is 29.7 Å². The molecular weight excluding hydrogens is 867 g/mol. The molecule has 0 saturated carbocycles. The summed E-state index contributed by atoms with van der Waals surface area (Å²) < 4.78 is 4.02. The zero-order valence-corrected chi connectivity index (χ0v) is 37.9. The Kier molecular flexibility index (Phi) is 13.6. The van der Waals surface area contributed by atoms with Gasteiger partial charge in [0.2, 0.25) is 0 Å². The Hall–Kier alpha value is -2.89. The number of aliphatic hydroxyl groups is 1. The minimum absolute atomic E-state index is 0. The van der Waals surface area contributed by atoms with Crippen LogP contribution in [0.2, 0.25) is 0 Å². The molecule has 3 aromatic carbocycles. The zero-order valence-electron chi connectivity index (χ0n) is 33.8. The third-order valence-corrected chi connectivity index (χ3v) is 14.0. The zero-order chi connectivity index (χ0) is 38.2. The molecule has 0 spiro atoms. The number of pyridine rings is 1. The van der Waals surface area contributed by atoms with Crippen LogP contribution in [0.3, 0.4) is 0 Å². The van der Waals surface area contributed by atoms with Crippen molar-refractivity contribution in [3.63, 3.8) is 0 Å². The van der Waals surface area contributed by atoms with Gasteiger partial charge in [0.25, 0.3) is 0 Å². The molecule has 6 aromatic rings. The van der Waals surface area contributed by atoms with Crippen molar-refractivity contribution in [2.24, 2.45) is 16.7 Å². The number of rotatable bonds is 10.